The highest BCUT2D eigenvalue weighted by Crippen LogP contribution is 2.27. The van der Waals surface area contributed by atoms with Gasteiger partial charge < -0.3 is 15.4 Å². The maximum Gasteiger partial charge on any atom is 0.121 e. The van der Waals surface area contributed by atoms with E-state index in [0.717, 1.165) is 48.4 Å². The number of ether oxygens (including phenoxy) is 1. The van der Waals surface area contributed by atoms with Gasteiger partial charge in [-0.1, -0.05) is 19.9 Å². The van der Waals surface area contributed by atoms with Gasteiger partial charge >= 0.3 is 0 Å². The molecule has 0 aliphatic rings. The summed E-state index contributed by atoms with van der Waals surface area (Å²) in [7, 11) is 1.69. The van der Waals surface area contributed by atoms with E-state index < -0.39 is 0 Å². The van der Waals surface area contributed by atoms with Crippen LogP contribution in [0.25, 0.3) is 10.9 Å². The van der Waals surface area contributed by atoms with Crippen LogP contribution in [0.3, 0.4) is 0 Å². The van der Waals surface area contributed by atoms with Crippen molar-refractivity contribution in [3.63, 3.8) is 0 Å². The summed E-state index contributed by atoms with van der Waals surface area (Å²) in [5, 5.41) is 8.01. The van der Waals surface area contributed by atoms with E-state index in [1.54, 1.807) is 7.11 Å². The Hall–Kier alpha value is -1.81. The molecule has 2 aromatic rings. The van der Waals surface area contributed by atoms with Crippen LogP contribution in [0.1, 0.15) is 20.3 Å². The molecule has 2 rings (SSSR count). The minimum atomic E-state index is 0.699. The van der Waals surface area contributed by atoms with E-state index in [0.29, 0.717) is 5.92 Å². The molecule has 2 N–H and O–H groups in total. The van der Waals surface area contributed by atoms with Gasteiger partial charge in [-0.15, -0.1) is 0 Å². The summed E-state index contributed by atoms with van der Waals surface area (Å²) in [6, 6.07) is 8.02. The van der Waals surface area contributed by atoms with Crippen molar-refractivity contribution in [1.82, 2.24) is 10.3 Å². The number of pyridine rings is 1. The fraction of sp³-hybridized carbons (Fsp3) is 0.471. The molecule has 0 saturated carbocycles. The summed E-state index contributed by atoms with van der Waals surface area (Å²) in [5.74, 6) is 1.56. The van der Waals surface area contributed by atoms with Crippen LogP contribution >= 0.6 is 0 Å². The topological polar surface area (TPSA) is 46.2 Å². The van der Waals surface area contributed by atoms with Gasteiger partial charge in [0, 0.05) is 24.2 Å². The van der Waals surface area contributed by atoms with E-state index in [1.807, 2.05) is 24.4 Å². The number of fused-ring (bicyclic) bond motifs is 1. The van der Waals surface area contributed by atoms with Crippen molar-refractivity contribution in [2.75, 3.05) is 32.1 Å². The van der Waals surface area contributed by atoms with Crippen molar-refractivity contribution < 1.29 is 4.74 Å². The number of aromatic nitrogens is 1. The van der Waals surface area contributed by atoms with Crippen LogP contribution in [0.2, 0.25) is 0 Å². The first-order valence-electron chi connectivity index (χ1n) is 7.58. The molecule has 0 aliphatic carbocycles. The van der Waals surface area contributed by atoms with Crippen LogP contribution in [0.4, 0.5) is 5.69 Å². The first-order chi connectivity index (χ1) is 10.2. The second-order valence-corrected chi connectivity index (χ2v) is 5.63. The monoisotopic (exact) mass is 287 g/mol. The molecule has 0 spiro atoms. The standard InChI is InChI=1S/C17H25N3O/c1-13(2)12-18-7-5-9-19-16-11-15(21-3)10-14-6-4-8-20-17(14)16/h4,6,8,10-11,13,18-19H,5,7,9,12H2,1-3H3. The summed E-state index contributed by atoms with van der Waals surface area (Å²) in [6.07, 6.45) is 2.91. The normalized spacial score (nSPS) is 11.0. The van der Waals surface area contributed by atoms with Crippen molar-refractivity contribution in [2.24, 2.45) is 5.92 Å². The molecular weight excluding hydrogens is 262 g/mol. The minimum absolute atomic E-state index is 0.699. The van der Waals surface area contributed by atoms with Crippen LogP contribution in [0.15, 0.2) is 30.5 Å². The van der Waals surface area contributed by atoms with Crippen molar-refractivity contribution in [3.05, 3.63) is 30.5 Å². The van der Waals surface area contributed by atoms with Crippen LogP contribution in [-0.4, -0.2) is 31.7 Å². The van der Waals surface area contributed by atoms with Crippen LogP contribution in [0, 0.1) is 5.92 Å². The summed E-state index contributed by atoms with van der Waals surface area (Å²) >= 11 is 0. The number of benzene rings is 1. The number of hydrogen-bond donors (Lipinski definition) is 2. The van der Waals surface area contributed by atoms with Crippen LogP contribution in [0.5, 0.6) is 5.75 Å². The molecular formula is C17H25N3O. The third kappa shape index (κ3) is 4.60. The quantitative estimate of drug-likeness (QED) is 0.731. The van der Waals surface area contributed by atoms with Gasteiger partial charge in [0.1, 0.15) is 5.75 Å². The number of hydrogen-bond acceptors (Lipinski definition) is 4. The van der Waals surface area contributed by atoms with Gasteiger partial charge in [0.25, 0.3) is 0 Å². The second kappa shape index (κ2) is 7.84. The van der Waals surface area contributed by atoms with Gasteiger partial charge in [-0.3, -0.25) is 4.98 Å². The molecule has 21 heavy (non-hydrogen) atoms. The van der Waals surface area contributed by atoms with Gasteiger partial charge in [0.15, 0.2) is 0 Å². The lowest BCUT2D eigenvalue weighted by atomic mass is 10.1. The Labute approximate surface area is 126 Å². The largest absolute Gasteiger partial charge is 0.497 e. The van der Waals surface area contributed by atoms with Crippen LogP contribution < -0.4 is 15.4 Å². The highest BCUT2D eigenvalue weighted by Gasteiger charge is 2.05. The molecule has 1 heterocycles. The van der Waals surface area contributed by atoms with Gasteiger partial charge in [0.2, 0.25) is 0 Å². The Morgan fingerprint density at radius 2 is 2.10 bits per heavy atom. The van der Waals surface area contributed by atoms with Crippen molar-refractivity contribution in [1.29, 1.82) is 0 Å². The van der Waals surface area contributed by atoms with Gasteiger partial charge in [-0.2, -0.15) is 0 Å². The zero-order valence-electron chi connectivity index (χ0n) is 13.1. The number of methoxy groups -OCH3 is 1. The van der Waals surface area contributed by atoms with Crippen LogP contribution in [-0.2, 0) is 0 Å². The van der Waals surface area contributed by atoms with Crippen molar-refractivity contribution in [3.8, 4) is 5.75 Å². The second-order valence-electron chi connectivity index (χ2n) is 5.63. The van der Waals surface area contributed by atoms with Gasteiger partial charge in [0.05, 0.1) is 18.3 Å². The average Bonchev–Trinajstić information content (AvgIpc) is 2.50. The maximum atomic E-state index is 5.35. The summed E-state index contributed by atoms with van der Waals surface area (Å²) in [4.78, 5) is 4.46. The van der Waals surface area contributed by atoms with E-state index in [9.17, 15) is 0 Å². The lowest BCUT2D eigenvalue weighted by Gasteiger charge is -2.12. The van der Waals surface area contributed by atoms with E-state index in [2.05, 4.69) is 35.5 Å². The van der Waals surface area contributed by atoms with E-state index >= 15 is 0 Å². The third-order valence-corrected chi connectivity index (χ3v) is 3.31. The number of nitrogens with zero attached hydrogens (tertiary/aromatic N) is 1. The third-order valence-electron chi connectivity index (χ3n) is 3.31. The lowest BCUT2D eigenvalue weighted by Crippen LogP contribution is -2.22. The molecule has 0 saturated heterocycles. The summed E-state index contributed by atoms with van der Waals surface area (Å²) in [6.45, 7) is 7.46. The number of anilines is 1. The molecule has 0 amide bonds. The number of rotatable bonds is 8. The number of nitrogens with one attached hydrogen (secondary N) is 2. The molecule has 4 nitrogen and oxygen atoms in total. The zero-order chi connectivity index (χ0) is 15.1. The molecule has 0 radical (unpaired) electrons. The molecule has 0 atom stereocenters. The zero-order valence-corrected chi connectivity index (χ0v) is 13.1. The van der Waals surface area contributed by atoms with Gasteiger partial charge in [-0.05, 0) is 37.6 Å². The Bertz CT molecular complexity index is 569. The van der Waals surface area contributed by atoms with Crippen molar-refractivity contribution >= 4 is 16.6 Å². The first-order valence-corrected chi connectivity index (χ1v) is 7.58. The van der Waals surface area contributed by atoms with E-state index in [1.165, 1.54) is 0 Å². The van der Waals surface area contributed by atoms with Gasteiger partial charge in [-0.25, -0.2) is 0 Å². The molecule has 114 valence electrons. The molecule has 0 bridgehead atoms. The molecule has 1 aromatic heterocycles. The van der Waals surface area contributed by atoms with Crippen molar-refractivity contribution in [2.45, 2.75) is 20.3 Å². The smallest absolute Gasteiger partial charge is 0.121 e. The Kier molecular flexibility index (Phi) is 5.81. The average molecular weight is 287 g/mol. The molecule has 0 unspecified atom stereocenters. The van der Waals surface area contributed by atoms with E-state index in [4.69, 9.17) is 4.74 Å². The molecule has 0 fully saturated rings. The summed E-state index contributed by atoms with van der Waals surface area (Å²) in [5.41, 5.74) is 2.03. The highest BCUT2D eigenvalue weighted by molar-refractivity contribution is 5.91. The van der Waals surface area contributed by atoms with E-state index in [-0.39, 0.29) is 0 Å². The maximum absolute atomic E-state index is 5.35. The highest BCUT2D eigenvalue weighted by atomic mass is 16.5. The molecule has 0 aliphatic heterocycles. The predicted molar refractivity (Wildman–Crippen MR) is 89.1 cm³/mol. The predicted octanol–water partition coefficient (Wildman–Crippen LogP) is 3.29. The molecule has 4 heteroatoms. The minimum Gasteiger partial charge on any atom is -0.497 e. The molecule has 1 aromatic carbocycles. The Morgan fingerprint density at radius 3 is 2.86 bits per heavy atom. The lowest BCUT2D eigenvalue weighted by molar-refractivity contribution is 0.415. The fourth-order valence-electron chi connectivity index (χ4n) is 2.24. The SMILES string of the molecule is COc1cc(NCCCNCC(C)C)c2ncccc2c1. The Balaban J connectivity index is 1.94. The fourth-order valence-corrected chi connectivity index (χ4v) is 2.24. The first kappa shape index (κ1) is 15.6. The Morgan fingerprint density at radius 1 is 1.24 bits per heavy atom. The summed E-state index contributed by atoms with van der Waals surface area (Å²) < 4.78 is 5.35.